The molecule has 0 unspecified atom stereocenters. The van der Waals surface area contributed by atoms with Gasteiger partial charge in [0.15, 0.2) is 0 Å². The number of carbonyl (C=O) groups is 1. The van der Waals surface area contributed by atoms with Crippen molar-refractivity contribution in [2.24, 2.45) is 0 Å². The van der Waals surface area contributed by atoms with Crippen LogP contribution in [0.25, 0.3) is 0 Å². The molecule has 0 aromatic carbocycles. The lowest BCUT2D eigenvalue weighted by molar-refractivity contribution is 0.0903. The average molecular weight is 240 g/mol. The smallest absolute Gasteiger partial charge is 0.268 e. The molecule has 0 spiro atoms. The lowest BCUT2D eigenvalue weighted by Gasteiger charge is -2.15. The van der Waals surface area contributed by atoms with Crippen LogP contribution in [-0.4, -0.2) is 41.9 Å². The predicted molar refractivity (Wildman–Crippen MR) is 64.9 cm³/mol. The van der Waals surface area contributed by atoms with Crippen LogP contribution < -0.4 is 5.32 Å². The van der Waals surface area contributed by atoms with Gasteiger partial charge >= 0.3 is 0 Å². The number of amides is 1. The Hall–Kier alpha value is -1.33. The standard InChI is InChI=1S/C12H20N2O3/c1-3-10(9-15)13-12(16)11-5-4-6-14(11)7-8-17-2/h4-6,10,15H,3,7-9H2,1-2H3,(H,13,16)/t10-/m1/s1. The van der Waals surface area contributed by atoms with Crippen LogP contribution in [-0.2, 0) is 11.3 Å². The van der Waals surface area contributed by atoms with Crippen molar-refractivity contribution in [2.75, 3.05) is 20.3 Å². The molecule has 0 aliphatic heterocycles. The van der Waals surface area contributed by atoms with E-state index in [2.05, 4.69) is 5.32 Å². The van der Waals surface area contributed by atoms with Gasteiger partial charge in [-0.3, -0.25) is 4.79 Å². The fraction of sp³-hybridized carbons (Fsp3) is 0.583. The third-order valence-electron chi connectivity index (χ3n) is 2.65. The normalized spacial score (nSPS) is 12.4. The van der Waals surface area contributed by atoms with Crippen molar-refractivity contribution in [3.05, 3.63) is 24.0 Å². The highest BCUT2D eigenvalue weighted by atomic mass is 16.5. The number of nitrogens with zero attached hydrogens (tertiary/aromatic N) is 1. The number of nitrogens with one attached hydrogen (secondary N) is 1. The van der Waals surface area contributed by atoms with Gasteiger partial charge in [-0.1, -0.05) is 6.92 Å². The minimum atomic E-state index is -0.187. The first-order valence-electron chi connectivity index (χ1n) is 5.78. The summed E-state index contributed by atoms with van der Waals surface area (Å²) in [6.45, 7) is 3.08. The maximum atomic E-state index is 11.9. The van der Waals surface area contributed by atoms with Crippen molar-refractivity contribution < 1.29 is 14.6 Å². The Bertz CT molecular complexity index is 345. The molecule has 0 aliphatic carbocycles. The topological polar surface area (TPSA) is 63.5 Å². The zero-order chi connectivity index (χ0) is 12.7. The molecule has 0 fully saturated rings. The molecule has 1 aromatic heterocycles. The summed E-state index contributed by atoms with van der Waals surface area (Å²) in [5.41, 5.74) is 0.592. The first kappa shape index (κ1) is 13.7. The largest absolute Gasteiger partial charge is 0.394 e. The van der Waals surface area contributed by atoms with E-state index in [9.17, 15) is 4.79 Å². The van der Waals surface area contributed by atoms with Crippen LogP contribution in [0.15, 0.2) is 18.3 Å². The van der Waals surface area contributed by atoms with E-state index in [4.69, 9.17) is 9.84 Å². The Morgan fingerprint density at radius 2 is 2.41 bits per heavy atom. The van der Waals surface area contributed by atoms with E-state index in [1.165, 1.54) is 0 Å². The van der Waals surface area contributed by atoms with Gasteiger partial charge in [-0.25, -0.2) is 0 Å². The van der Waals surface area contributed by atoms with E-state index in [1.807, 2.05) is 23.8 Å². The molecule has 0 aliphatic rings. The van der Waals surface area contributed by atoms with Gasteiger partial charge in [0.2, 0.25) is 0 Å². The highest BCUT2D eigenvalue weighted by Gasteiger charge is 2.14. The Kier molecular flexibility index (Phi) is 5.72. The number of aliphatic hydroxyl groups excluding tert-OH is 1. The molecule has 5 nitrogen and oxygen atoms in total. The molecule has 0 bridgehead atoms. The molecule has 5 heteroatoms. The lowest BCUT2D eigenvalue weighted by atomic mass is 10.2. The molecule has 2 N–H and O–H groups in total. The van der Waals surface area contributed by atoms with Crippen molar-refractivity contribution in [3.63, 3.8) is 0 Å². The zero-order valence-corrected chi connectivity index (χ0v) is 10.3. The van der Waals surface area contributed by atoms with E-state index in [-0.39, 0.29) is 18.6 Å². The molecule has 0 saturated carbocycles. The minimum Gasteiger partial charge on any atom is -0.394 e. The summed E-state index contributed by atoms with van der Waals surface area (Å²) in [5.74, 6) is -0.160. The number of methoxy groups -OCH3 is 1. The summed E-state index contributed by atoms with van der Waals surface area (Å²) in [6.07, 6.45) is 2.55. The van der Waals surface area contributed by atoms with E-state index < -0.39 is 0 Å². The van der Waals surface area contributed by atoms with E-state index in [0.717, 1.165) is 0 Å². The van der Waals surface area contributed by atoms with Crippen LogP contribution in [0.1, 0.15) is 23.8 Å². The second-order valence-corrected chi connectivity index (χ2v) is 3.84. The maximum absolute atomic E-state index is 11.9. The van der Waals surface area contributed by atoms with Crippen LogP contribution in [0, 0.1) is 0 Å². The number of rotatable bonds is 7. The third-order valence-corrected chi connectivity index (χ3v) is 2.65. The number of carbonyl (C=O) groups excluding carboxylic acids is 1. The molecule has 0 saturated heterocycles. The van der Waals surface area contributed by atoms with Gasteiger partial charge in [0.25, 0.3) is 5.91 Å². The van der Waals surface area contributed by atoms with Gasteiger partial charge in [0, 0.05) is 19.9 Å². The van der Waals surface area contributed by atoms with Crippen molar-refractivity contribution in [1.82, 2.24) is 9.88 Å². The third kappa shape index (κ3) is 3.87. The fourth-order valence-corrected chi connectivity index (χ4v) is 1.54. The maximum Gasteiger partial charge on any atom is 0.268 e. The number of hydrogen-bond donors (Lipinski definition) is 2. The predicted octanol–water partition coefficient (Wildman–Crippen LogP) is 0.635. The molecule has 96 valence electrons. The van der Waals surface area contributed by atoms with Crippen LogP contribution in [0.3, 0.4) is 0 Å². The summed E-state index contributed by atoms with van der Waals surface area (Å²) in [4.78, 5) is 11.9. The highest BCUT2D eigenvalue weighted by molar-refractivity contribution is 5.92. The number of hydrogen-bond acceptors (Lipinski definition) is 3. The molecular weight excluding hydrogens is 220 g/mol. The number of aliphatic hydroxyl groups is 1. The molecule has 1 amide bonds. The number of aromatic nitrogens is 1. The van der Waals surface area contributed by atoms with Crippen molar-refractivity contribution in [3.8, 4) is 0 Å². The Morgan fingerprint density at radius 3 is 3.00 bits per heavy atom. The van der Waals surface area contributed by atoms with E-state index >= 15 is 0 Å². The van der Waals surface area contributed by atoms with Crippen LogP contribution in [0.2, 0.25) is 0 Å². The van der Waals surface area contributed by atoms with Crippen LogP contribution >= 0.6 is 0 Å². The highest BCUT2D eigenvalue weighted by Crippen LogP contribution is 2.03. The molecule has 17 heavy (non-hydrogen) atoms. The van der Waals surface area contributed by atoms with Gasteiger partial charge < -0.3 is 19.7 Å². The summed E-state index contributed by atoms with van der Waals surface area (Å²) in [7, 11) is 1.63. The van der Waals surface area contributed by atoms with Gasteiger partial charge in [-0.2, -0.15) is 0 Å². The summed E-state index contributed by atoms with van der Waals surface area (Å²) in [6, 6.07) is 3.40. The van der Waals surface area contributed by atoms with Gasteiger partial charge in [-0.15, -0.1) is 0 Å². The Balaban J connectivity index is 2.64. The van der Waals surface area contributed by atoms with Crippen molar-refractivity contribution in [2.45, 2.75) is 25.9 Å². The van der Waals surface area contributed by atoms with Crippen molar-refractivity contribution >= 4 is 5.91 Å². The first-order chi connectivity index (χ1) is 8.22. The van der Waals surface area contributed by atoms with Crippen LogP contribution in [0.4, 0.5) is 0 Å². The average Bonchev–Trinajstić information content (AvgIpc) is 2.81. The Labute approximate surface area is 101 Å². The number of ether oxygens (including phenoxy) is 1. The van der Waals surface area contributed by atoms with E-state index in [0.29, 0.717) is 25.3 Å². The zero-order valence-electron chi connectivity index (χ0n) is 10.3. The monoisotopic (exact) mass is 240 g/mol. The molecule has 1 atom stereocenters. The van der Waals surface area contributed by atoms with E-state index in [1.54, 1.807) is 13.2 Å². The quantitative estimate of drug-likeness (QED) is 0.735. The lowest BCUT2D eigenvalue weighted by Crippen LogP contribution is -2.38. The molecule has 0 radical (unpaired) electrons. The second-order valence-electron chi connectivity index (χ2n) is 3.84. The molecular formula is C12H20N2O3. The van der Waals surface area contributed by atoms with Gasteiger partial charge in [0.1, 0.15) is 5.69 Å². The van der Waals surface area contributed by atoms with Gasteiger partial charge in [0.05, 0.1) is 19.3 Å². The first-order valence-corrected chi connectivity index (χ1v) is 5.78. The molecule has 1 aromatic rings. The minimum absolute atomic E-state index is 0.0407. The summed E-state index contributed by atoms with van der Waals surface area (Å²) >= 11 is 0. The SMILES string of the molecule is CC[C@H](CO)NC(=O)c1cccn1CCOC. The van der Waals surface area contributed by atoms with Gasteiger partial charge in [-0.05, 0) is 18.6 Å². The van der Waals surface area contributed by atoms with Crippen LogP contribution in [0.5, 0.6) is 0 Å². The summed E-state index contributed by atoms with van der Waals surface area (Å²) < 4.78 is 6.82. The Morgan fingerprint density at radius 1 is 1.65 bits per heavy atom. The second kappa shape index (κ2) is 7.09. The van der Waals surface area contributed by atoms with Crippen molar-refractivity contribution in [1.29, 1.82) is 0 Å². The molecule has 1 heterocycles. The summed E-state index contributed by atoms with van der Waals surface area (Å²) in [5, 5.41) is 11.8. The molecule has 1 rings (SSSR count). The fourth-order valence-electron chi connectivity index (χ4n) is 1.54.